The summed E-state index contributed by atoms with van der Waals surface area (Å²) >= 11 is 0. The number of carbonyl (C=O) groups is 6. The zero-order valence-electron chi connectivity index (χ0n) is 63.9. The molecule has 0 aromatic heterocycles. The maximum absolute atomic E-state index is 14.0. The molecule has 4 aromatic rings. The number of likely N-dealkylation sites (N-methyl/N-ethyl adjacent to an activating group) is 2. The van der Waals surface area contributed by atoms with Crippen molar-refractivity contribution in [3.05, 3.63) is 131 Å². The van der Waals surface area contributed by atoms with Gasteiger partial charge in [-0.2, -0.15) is 10.1 Å². The number of rotatable bonds is 25. The van der Waals surface area contributed by atoms with Gasteiger partial charge in [0.15, 0.2) is 0 Å². The maximum atomic E-state index is 14.0. The van der Waals surface area contributed by atoms with Gasteiger partial charge in [0, 0.05) is 95.2 Å². The average molecular weight is 1440 g/mol. The molecule has 12 rings (SSSR count). The first-order valence-electron chi connectivity index (χ1n) is 36.1. The molecular weight excluding hydrogens is 1320 g/mol. The van der Waals surface area contributed by atoms with Crippen molar-refractivity contribution in [3.8, 4) is 0 Å². The Labute approximate surface area is 635 Å². The van der Waals surface area contributed by atoms with Crippen molar-refractivity contribution in [3.63, 3.8) is 0 Å². The van der Waals surface area contributed by atoms with Crippen LogP contribution in [0.2, 0.25) is 0 Å². The van der Waals surface area contributed by atoms with Crippen LogP contribution >= 0.6 is 0 Å². The molecule has 25 heteroatoms. The molecule has 2 saturated heterocycles. The molecule has 3 radical (unpaired) electrons. The quantitative estimate of drug-likeness (QED) is 0.0210. The van der Waals surface area contributed by atoms with Crippen LogP contribution in [-0.4, -0.2) is 207 Å². The Morgan fingerprint density at radius 2 is 1.03 bits per heavy atom. The molecule has 8 aliphatic rings. The number of hydrogen-bond acceptors (Lipinski definition) is 21. The summed E-state index contributed by atoms with van der Waals surface area (Å²) in [6.45, 7) is 25.6. The standard InChI is InChI=1S/C36H54N4O4.C28H46N4O4.C8H8O.C4H6O4.C2H3BO2.Na/c1-24-30-20-28(36(30,3)4)21-31(24)37-35(43)34-33(25(2)42)32(23-41)44-40(34)22-27-13-10-14-29(19-27)39(18-17-38(5)6)16-15-26-11-8-7-9-12-26;1-17-22-13-20(28(22,3)4)14-23(17)30-27(35)26-25(18(2)34)24(16-33)36-32(26)15-19-8-7-9-21(12-19)29-10-11-31(5)6;9-7-6-8-4-2-1-3-5-8;1-3(5)7-8-4(2)6;1-2(4)5-3;/h7-14,19,24-25,28,30-34,41-42H,15-18,20-23H2,1-6H3,(H,37,43);7-9,12,17-18,20,22-26,29,33-34H,10-11,13-16H2,1-6H3,(H,30,35);1-5,7H,6H2;1-2H3;1H3;/q;;;;-1;+1/t24-,25-,28+,30-,31-,32-,33+,34-;17-,18-,20+,22-,23-,24-,25+,26-;;;;/m00..../s1. The molecule has 0 unspecified atom stereocenters. The van der Waals surface area contributed by atoms with Gasteiger partial charge < -0.3 is 68.6 Å². The number of aliphatic hydroxyl groups is 4. The van der Waals surface area contributed by atoms with Gasteiger partial charge in [-0.15, -0.1) is 0 Å². The van der Waals surface area contributed by atoms with Gasteiger partial charge in [-0.1, -0.05) is 126 Å². The van der Waals surface area contributed by atoms with Crippen molar-refractivity contribution in [2.24, 2.45) is 58.2 Å². The van der Waals surface area contributed by atoms with E-state index in [2.05, 4.69) is 163 Å². The minimum atomic E-state index is -0.810. The summed E-state index contributed by atoms with van der Waals surface area (Å²) in [5, 5.41) is 55.1. The van der Waals surface area contributed by atoms with Gasteiger partial charge in [0.2, 0.25) is 17.8 Å². The number of hydrogen-bond donors (Lipinski definition) is 7. The fourth-order valence-corrected chi connectivity index (χ4v) is 15.8. The van der Waals surface area contributed by atoms with E-state index in [-0.39, 0.29) is 66.7 Å². The molecule has 23 nitrogen and oxygen atoms in total. The number of amides is 2. The predicted octanol–water partition coefficient (Wildman–Crippen LogP) is 4.37. The van der Waals surface area contributed by atoms with Gasteiger partial charge in [-0.25, -0.2) is 19.4 Å². The fourth-order valence-electron chi connectivity index (χ4n) is 15.8. The van der Waals surface area contributed by atoms with Crippen LogP contribution < -0.4 is 50.4 Å². The van der Waals surface area contributed by atoms with Crippen LogP contribution in [0.4, 0.5) is 11.4 Å². The number of aldehydes is 1. The third-order valence-electron chi connectivity index (χ3n) is 21.8. The minimum Gasteiger partial charge on any atom is -0.793 e. The topological polar surface area (TPSA) is 282 Å². The van der Waals surface area contributed by atoms with E-state index in [1.807, 2.05) is 68.7 Å². The summed E-state index contributed by atoms with van der Waals surface area (Å²) < 4.78 is 3.61. The third-order valence-corrected chi connectivity index (χ3v) is 21.8. The van der Waals surface area contributed by atoms with Crippen LogP contribution in [0.3, 0.4) is 0 Å². The molecule has 8 fully saturated rings. The number of nitrogens with zero attached hydrogens (tertiary/aromatic N) is 5. The first-order chi connectivity index (χ1) is 48.3. The summed E-state index contributed by atoms with van der Waals surface area (Å²) in [6, 6.07) is 35.7. The minimum absolute atomic E-state index is 0. The van der Waals surface area contributed by atoms with E-state index >= 15 is 0 Å². The number of nitrogens with one attached hydrogen (secondary N) is 3. The SMILES string of the molecule is CC(=O)OOC(C)=O.C[C@@H]1[C@@H](NC(=O)[C@@H]2[C@H]([C@H](C)O)[C@H](CO)ON2Cc2cccc(N(CCc3ccccc3)CCN(C)C)c2)C[C@H]2C[C@@H]1C2(C)C.C[C@@H]1[C@@H](NC(=O)[C@@H]2[C@H]([C@H](C)O)[C@H](CO)ON2Cc2cccc(NCCN(C)C)c2)C[C@H]2C[C@@H]1C2(C)C.O=CCc1ccccc1.[B-]OC(C)=O.[Na+]. The number of hydroxylamine groups is 4. The molecule has 7 N–H and O–H groups in total. The molecule has 0 spiro atoms. The first-order valence-corrected chi connectivity index (χ1v) is 36.1. The van der Waals surface area contributed by atoms with Crippen molar-refractivity contribution in [1.82, 2.24) is 30.6 Å². The van der Waals surface area contributed by atoms with Crippen LogP contribution in [-0.2, 0) is 78.8 Å². The van der Waals surface area contributed by atoms with Crippen LogP contribution in [0.1, 0.15) is 124 Å². The van der Waals surface area contributed by atoms with E-state index in [9.17, 15) is 49.2 Å². The van der Waals surface area contributed by atoms with E-state index in [1.54, 1.807) is 24.0 Å². The Bertz CT molecular complexity index is 3250. The van der Waals surface area contributed by atoms with Gasteiger partial charge in [0.1, 0.15) is 30.6 Å². The largest absolute Gasteiger partial charge is 1.00 e. The van der Waals surface area contributed by atoms with Crippen LogP contribution in [0.5, 0.6) is 0 Å². The van der Waals surface area contributed by atoms with Crippen molar-refractivity contribution in [2.75, 3.05) is 84.3 Å². The Hall–Kier alpha value is -5.84. The van der Waals surface area contributed by atoms with Crippen LogP contribution in [0.25, 0.3) is 0 Å². The normalized spacial score (nSPS) is 26.6. The Morgan fingerprint density at radius 1 is 0.602 bits per heavy atom. The molecule has 6 aliphatic carbocycles. The third kappa shape index (κ3) is 25.1. The summed E-state index contributed by atoms with van der Waals surface area (Å²) in [6.07, 6.45) is 3.99. The van der Waals surface area contributed by atoms with Crippen molar-refractivity contribution >= 4 is 55.4 Å². The number of aliphatic hydroxyl groups excluding tert-OH is 4. The van der Waals surface area contributed by atoms with E-state index in [1.165, 1.54) is 25.3 Å². The first kappa shape index (κ1) is 87.8. The zero-order chi connectivity index (χ0) is 75.2. The van der Waals surface area contributed by atoms with Crippen molar-refractivity contribution in [1.29, 1.82) is 0 Å². The number of fused-ring (bicyclic) bond motifs is 4. The summed E-state index contributed by atoms with van der Waals surface area (Å²) in [5.41, 5.74) is 7.23. The maximum Gasteiger partial charge on any atom is 1.00 e. The van der Waals surface area contributed by atoms with Crippen molar-refractivity contribution in [2.45, 2.75) is 176 Å². The molecule has 16 atom stereocenters. The second-order valence-electron chi connectivity index (χ2n) is 30.2. The summed E-state index contributed by atoms with van der Waals surface area (Å²) in [4.78, 5) is 93.6. The second kappa shape index (κ2) is 41.9. The molecular formula is C78H117BN8NaO15. The molecule has 2 amide bonds. The van der Waals surface area contributed by atoms with E-state index in [4.69, 9.17) is 9.68 Å². The second-order valence-corrected chi connectivity index (χ2v) is 30.2. The van der Waals surface area contributed by atoms with Crippen LogP contribution in [0.15, 0.2) is 109 Å². The Kier molecular flexibility index (Phi) is 35.7. The van der Waals surface area contributed by atoms with Gasteiger partial charge in [0.05, 0.1) is 38.5 Å². The smallest absolute Gasteiger partial charge is 0.793 e. The molecule has 4 aromatic carbocycles. The van der Waals surface area contributed by atoms with E-state index in [0.29, 0.717) is 65.8 Å². The van der Waals surface area contributed by atoms with Crippen molar-refractivity contribution < 1.29 is 103 Å². The predicted molar refractivity (Wildman–Crippen MR) is 393 cm³/mol. The molecule has 6 saturated carbocycles. The Morgan fingerprint density at radius 3 is 1.42 bits per heavy atom. The van der Waals surface area contributed by atoms with E-state index < -0.39 is 66.2 Å². The average Bonchev–Trinajstić information content (AvgIpc) is 1.25. The summed E-state index contributed by atoms with van der Waals surface area (Å²) in [5.74, 6) is 0.286. The molecule has 2 aliphatic heterocycles. The Balaban J connectivity index is 0.000000286. The van der Waals surface area contributed by atoms with E-state index in [0.717, 1.165) is 100 Å². The fraction of sp³-hybridized carbons (Fsp3) is 0.615. The zero-order valence-corrected chi connectivity index (χ0v) is 65.9. The molecule has 103 heavy (non-hydrogen) atoms. The molecule has 4 bridgehead atoms. The number of anilines is 2. The van der Waals surface area contributed by atoms with Crippen LogP contribution in [0, 0.1) is 58.2 Å². The molecule has 563 valence electrons. The van der Waals surface area contributed by atoms with Gasteiger partial charge in [-0.3, -0.25) is 24.1 Å². The summed E-state index contributed by atoms with van der Waals surface area (Å²) in [7, 11) is 12.6. The number of carbonyl (C=O) groups excluding carboxylic acids is 6. The molecule has 2 heterocycles. The van der Waals surface area contributed by atoms with Gasteiger partial charge in [0.25, 0.3) is 0 Å². The van der Waals surface area contributed by atoms with Gasteiger partial charge >= 0.3 is 41.5 Å². The number of benzene rings is 4. The monoisotopic (exact) mass is 1440 g/mol. The van der Waals surface area contributed by atoms with Gasteiger partial charge in [-0.05, 0) is 167 Å².